The zero-order valence-electron chi connectivity index (χ0n) is 23.4. The maximum atomic E-state index is 11.8. The topological polar surface area (TPSA) is 39.2 Å². The van der Waals surface area contributed by atoms with Crippen LogP contribution in [0, 0.1) is 5.92 Å². The SMILES string of the molecule is CC(=O)OC(C)(C)c1ccccc1CCC(SCC1CC1)c1cccc(/C=C/c2ccc3ccc(Cl)cc3n2)c1.[NaH]. The van der Waals surface area contributed by atoms with E-state index in [1.807, 2.05) is 44.2 Å². The number of esters is 1. The fourth-order valence-electron chi connectivity index (χ4n) is 5.15. The number of hydrogen-bond donors (Lipinski definition) is 0. The molecule has 1 atom stereocenters. The molecule has 1 aromatic heterocycles. The number of rotatable bonds is 11. The van der Waals surface area contributed by atoms with Gasteiger partial charge < -0.3 is 4.74 Å². The van der Waals surface area contributed by atoms with Crippen LogP contribution in [-0.2, 0) is 21.6 Å². The fourth-order valence-corrected chi connectivity index (χ4v) is 6.78. The average Bonchev–Trinajstić information content (AvgIpc) is 3.76. The molecule has 3 nitrogen and oxygen atoms in total. The van der Waals surface area contributed by atoms with Gasteiger partial charge in [0.05, 0.1) is 11.2 Å². The third-order valence-electron chi connectivity index (χ3n) is 7.38. The zero-order valence-corrected chi connectivity index (χ0v) is 25.0. The van der Waals surface area contributed by atoms with Crippen molar-refractivity contribution in [1.29, 1.82) is 0 Å². The number of pyridine rings is 1. The second kappa shape index (κ2) is 14.4. The Labute approximate surface area is 275 Å². The number of carbonyl (C=O) groups excluding carboxylic acids is 1. The predicted molar refractivity (Wildman–Crippen MR) is 177 cm³/mol. The van der Waals surface area contributed by atoms with E-state index in [-0.39, 0.29) is 35.5 Å². The summed E-state index contributed by atoms with van der Waals surface area (Å²) in [5, 5.41) is 2.16. The van der Waals surface area contributed by atoms with E-state index >= 15 is 0 Å². The van der Waals surface area contributed by atoms with Crippen molar-refractivity contribution < 1.29 is 9.53 Å². The van der Waals surface area contributed by atoms with Gasteiger partial charge in [0.15, 0.2) is 0 Å². The summed E-state index contributed by atoms with van der Waals surface area (Å²) in [7, 11) is 0. The Morgan fingerprint density at radius 3 is 2.61 bits per heavy atom. The van der Waals surface area contributed by atoms with Crippen molar-refractivity contribution >= 4 is 81.9 Å². The Morgan fingerprint density at radius 2 is 1.83 bits per heavy atom. The number of nitrogens with zero attached hydrogens (tertiary/aromatic N) is 1. The van der Waals surface area contributed by atoms with Crippen LogP contribution in [0.2, 0.25) is 5.02 Å². The second-order valence-corrected chi connectivity index (χ2v) is 12.8. The molecule has 1 saturated carbocycles. The van der Waals surface area contributed by atoms with Crippen LogP contribution in [0.25, 0.3) is 23.1 Å². The fraction of sp³-hybridized carbons (Fsp3) is 0.314. The van der Waals surface area contributed by atoms with Crippen LogP contribution < -0.4 is 0 Å². The van der Waals surface area contributed by atoms with Crippen LogP contribution in [-0.4, -0.2) is 46.3 Å². The molecule has 1 aliphatic rings. The predicted octanol–water partition coefficient (Wildman–Crippen LogP) is 9.03. The molecule has 0 spiro atoms. The van der Waals surface area contributed by atoms with Crippen molar-refractivity contribution in [3.63, 3.8) is 0 Å². The van der Waals surface area contributed by atoms with Gasteiger partial charge in [0, 0.05) is 22.6 Å². The Bertz CT molecular complexity index is 1530. The number of hydrogen-bond acceptors (Lipinski definition) is 4. The van der Waals surface area contributed by atoms with Gasteiger partial charge in [-0.2, -0.15) is 11.8 Å². The van der Waals surface area contributed by atoms with E-state index in [1.54, 1.807) is 0 Å². The quantitative estimate of drug-likeness (QED) is 0.128. The van der Waals surface area contributed by atoms with E-state index in [1.165, 1.54) is 42.2 Å². The van der Waals surface area contributed by atoms with Crippen molar-refractivity contribution in [1.82, 2.24) is 4.98 Å². The first-order valence-corrected chi connectivity index (χ1v) is 15.4. The molecule has 3 aromatic carbocycles. The van der Waals surface area contributed by atoms with E-state index in [2.05, 4.69) is 72.4 Å². The summed E-state index contributed by atoms with van der Waals surface area (Å²) in [4.78, 5) is 16.5. The number of halogens is 1. The molecule has 1 heterocycles. The van der Waals surface area contributed by atoms with E-state index in [0.29, 0.717) is 10.3 Å². The summed E-state index contributed by atoms with van der Waals surface area (Å²) in [6, 6.07) is 27.2. The summed E-state index contributed by atoms with van der Waals surface area (Å²) < 4.78 is 5.69. The molecule has 1 aliphatic carbocycles. The van der Waals surface area contributed by atoms with Crippen LogP contribution >= 0.6 is 23.4 Å². The number of fused-ring (bicyclic) bond motifs is 1. The number of benzene rings is 3. The van der Waals surface area contributed by atoms with Gasteiger partial charge in [0.2, 0.25) is 0 Å². The van der Waals surface area contributed by atoms with E-state index in [4.69, 9.17) is 21.3 Å². The van der Waals surface area contributed by atoms with Crippen LogP contribution in [0.4, 0.5) is 0 Å². The maximum absolute atomic E-state index is 11.8. The van der Waals surface area contributed by atoms with Gasteiger partial charge in [0.1, 0.15) is 5.60 Å². The van der Waals surface area contributed by atoms with E-state index in [0.717, 1.165) is 40.9 Å². The van der Waals surface area contributed by atoms with Crippen LogP contribution in [0.5, 0.6) is 0 Å². The summed E-state index contributed by atoms with van der Waals surface area (Å²) in [5.41, 5.74) is 5.98. The van der Waals surface area contributed by atoms with Gasteiger partial charge in [-0.3, -0.25) is 4.79 Å². The molecule has 0 bridgehead atoms. The molecule has 41 heavy (non-hydrogen) atoms. The standard InChI is InChI=1S/C35H36ClNO2S.Na.H/c1-24(38)39-35(2,3)32-10-5-4-8-27(32)16-20-34(40-23-26-11-12-26)29-9-6-7-25(21-29)13-18-31-19-15-28-14-17-30(36)22-33(28)37-31;;/h4-10,13-15,17-19,21-22,26,34H,11-12,16,20,23H2,1-3H3;;/b18-13+;;. The molecule has 0 saturated heterocycles. The number of carbonyl (C=O) groups is 1. The first-order valence-electron chi connectivity index (χ1n) is 14.0. The summed E-state index contributed by atoms with van der Waals surface area (Å²) in [5.74, 6) is 1.80. The van der Waals surface area contributed by atoms with Gasteiger partial charge >= 0.3 is 35.5 Å². The monoisotopic (exact) mass is 593 g/mol. The van der Waals surface area contributed by atoms with Gasteiger partial charge in [-0.05, 0) is 97.7 Å². The molecule has 0 aliphatic heterocycles. The number of aryl methyl sites for hydroxylation is 1. The van der Waals surface area contributed by atoms with Crippen LogP contribution in [0.15, 0.2) is 78.9 Å². The molecular weight excluding hydrogens is 557 g/mol. The van der Waals surface area contributed by atoms with Crippen molar-refractivity contribution in [3.8, 4) is 0 Å². The Kier molecular flexibility index (Phi) is 11.2. The number of ether oxygens (including phenoxy) is 1. The second-order valence-electron chi connectivity index (χ2n) is 11.1. The molecule has 0 amide bonds. The van der Waals surface area contributed by atoms with Gasteiger partial charge in [-0.15, -0.1) is 0 Å². The number of aromatic nitrogens is 1. The molecule has 6 heteroatoms. The minimum atomic E-state index is -0.661. The molecular formula is C35H37ClNNaO2S. The molecule has 0 N–H and O–H groups in total. The van der Waals surface area contributed by atoms with Crippen LogP contribution in [0.1, 0.15) is 73.2 Å². The first kappa shape index (κ1) is 31.8. The van der Waals surface area contributed by atoms with Crippen LogP contribution in [0.3, 0.4) is 0 Å². The summed E-state index contributed by atoms with van der Waals surface area (Å²) in [6.45, 7) is 5.42. The molecule has 1 unspecified atom stereocenters. The first-order chi connectivity index (χ1) is 19.3. The number of thioether (sulfide) groups is 1. The van der Waals surface area contributed by atoms with Gasteiger partial charge in [-0.25, -0.2) is 4.98 Å². The average molecular weight is 594 g/mol. The molecule has 5 rings (SSSR count). The van der Waals surface area contributed by atoms with Crippen molar-refractivity contribution in [2.75, 3.05) is 5.75 Å². The summed E-state index contributed by atoms with van der Waals surface area (Å²) in [6.07, 6.45) is 8.86. The van der Waals surface area contributed by atoms with Gasteiger partial charge in [0.25, 0.3) is 0 Å². The Hall–Kier alpha value is -2.08. The minimum absolute atomic E-state index is 0. The van der Waals surface area contributed by atoms with E-state index < -0.39 is 5.60 Å². The molecule has 4 aromatic rings. The normalized spacial score (nSPS) is 14.1. The summed E-state index contributed by atoms with van der Waals surface area (Å²) >= 11 is 8.26. The molecule has 208 valence electrons. The van der Waals surface area contributed by atoms with Crippen molar-refractivity contribution in [3.05, 3.63) is 112 Å². The molecule has 0 radical (unpaired) electrons. The molecule has 1 fully saturated rings. The van der Waals surface area contributed by atoms with E-state index in [9.17, 15) is 4.79 Å². The Balaban J connectivity index is 0.00000387. The third kappa shape index (κ3) is 8.95. The van der Waals surface area contributed by atoms with Gasteiger partial charge in [-0.1, -0.05) is 78.3 Å². The zero-order chi connectivity index (χ0) is 28.1. The third-order valence-corrected chi connectivity index (χ3v) is 9.18. The Morgan fingerprint density at radius 1 is 1.05 bits per heavy atom. The van der Waals surface area contributed by atoms with Crippen molar-refractivity contribution in [2.24, 2.45) is 5.92 Å². The van der Waals surface area contributed by atoms with Crippen molar-refractivity contribution in [2.45, 2.75) is 57.3 Å².